The van der Waals surface area contributed by atoms with Gasteiger partial charge in [0, 0.05) is 26.2 Å². The van der Waals surface area contributed by atoms with Crippen molar-refractivity contribution in [2.24, 2.45) is 0 Å². The molecule has 0 saturated heterocycles. The monoisotopic (exact) mass is 546 g/mol. The average molecular weight is 547 g/mol. The molecule has 12 heteroatoms. The number of hydrogen-bond donors (Lipinski definition) is 2. The standard InChI is InChI=1S/C19H25NO6S2.C5H13NO2/c1-16-4-8-18(9-5-16)27(21,22)25-14-12-20(3)13-15-26-28(23,24)19-10-6-17(2)7-11-19;1-6(2-4-7)3-5-8/h4-11H,12-15H2,1-3H3;7-8H,2-5H2,1H3. The number of aliphatic hydroxyl groups is 2. The highest BCUT2D eigenvalue weighted by molar-refractivity contribution is 7.87. The Morgan fingerprint density at radius 3 is 1.22 bits per heavy atom. The van der Waals surface area contributed by atoms with E-state index < -0.39 is 20.2 Å². The minimum Gasteiger partial charge on any atom is -0.395 e. The van der Waals surface area contributed by atoms with Crippen molar-refractivity contribution in [3.05, 3.63) is 59.7 Å². The first-order chi connectivity index (χ1) is 16.9. The Labute approximate surface area is 215 Å². The second kappa shape index (κ2) is 16.0. The number of likely N-dealkylation sites (N-methyl/N-ethyl adjacent to an activating group) is 2. The van der Waals surface area contributed by atoms with Crippen LogP contribution in [0.15, 0.2) is 58.3 Å². The number of aryl methyl sites for hydroxylation is 2. The summed E-state index contributed by atoms with van der Waals surface area (Å²) in [7, 11) is -4.04. The average Bonchev–Trinajstić information content (AvgIpc) is 2.80. The van der Waals surface area contributed by atoms with Crippen molar-refractivity contribution >= 4 is 20.2 Å². The molecule has 36 heavy (non-hydrogen) atoms. The molecule has 0 heterocycles. The number of benzene rings is 2. The van der Waals surface area contributed by atoms with Gasteiger partial charge in [0.2, 0.25) is 0 Å². The van der Waals surface area contributed by atoms with Gasteiger partial charge in [-0.05, 0) is 52.2 Å². The van der Waals surface area contributed by atoms with Gasteiger partial charge in [0.15, 0.2) is 0 Å². The zero-order chi connectivity index (χ0) is 27.2. The van der Waals surface area contributed by atoms with Crippen LogP contribution in [0.4, 0.5) is 0 Å². The molecule has 0 bridgehead atoms. The third-order valence-corrected chi connectivity index (χ3v) is 7.66. The fourth-order valence-electron chi connectivity index (χ4n) is 2.72. The van der Waals surface area contributed by atoms with E-state index in [1.807, 2.05) is 25.8 Å². The Bertz CT molecular complexity index is 1000. The molecular formula is C24H38N2O8S2. The Kier molecular flexibility index (Phi) is 14.3. The second-order valence-electron chi connectivity index (χ2n) is 8.23. The summed E-state index contributed by atoms with van der Waals surface area (Å²) in [5, 5.41) is 16.7. The van der Waals surface area contributed by atoms with E-state index in [-0.39, 0.29) is 36.2 Å². The number of hydrogen-bond acceptors (Lipinski definition) is 10. The summed E-state index contributed by atoms with van der Waals surface area (Å²) in [6.07, 6.45) is 0. The normalized spacial score (nSPS) is 12.0. The fourth-order valence-corrected chi connectivity index (χ4v) is 4.52. The number of nitrogens with zero attached hydrogens (tertiary/aromatic N) is 2. The van der Waals surface area contributed by atoms with Gasteiger partial charge in [-0.1, -0.05) is 35.4 Å². The molecule has 2 aromatic carbocycles. The molecule has 0 amide bonds. The van der Waals surface area contributed by atoms with E-state index in [4.69, 9.17) is 18.6 Å². The van der Waals surface area contributed by atoms with E-state index in [9.17, 15) is 16.8 Å². The molecule has 204 valence electrons. The molecule has 0 aliphatic heterocycles. The largest absolute Gasteiger partial charge is 0.395 e. The second-order valence-corrected chi connectivity index (χ2v) is 11.5. The summed E-state index contributed by atoms with van der Waals surface area (Å²) >= 11 is 0. The van der Waals surface area contributed by atoms with E-state index in [0.29, 0.717) is 26.2 Å². The summed E-state index contributed by atoms with van der Waals surface area (Å²) in [5.41, 5.74) is 1.92. The lowest BCUT2D eigenvalue weighted by atomic mass is 10.2. The number of rotatable bonds is 14. The molecule has 0 fully saturated rings. The van der Waals surface area contributed by atoms with Crippen LogP contribution in [0.2, 0.25) is 0 Å². The summed E-state index contributed by atoms with van der Waals surface area (Å²) in [5.74, 6) is 0. The van der Waals surface area contributed by atoms with Crippen molar-refractivity contribution < 1.29 is 35.4 Å². The van der Waals surface area contributed by atoms with Crippen molar-refractivity contribution in [3.8, 4) is 0 Å². The van der Waals surface area contributed by atoms with Crippen LogP contribution in [-0.4, -0.2) is 104 Å². The molecule has 0 saturated carbocycles. The Morgan fingerprint density at radius 1 is 0.611 bits per heavy atom. The van der Waals surface area contributed by atoms with Crippen LogP contribution in [0.25, 0.3) is 0 Å². The molecule has 0 atom stereocenters. The van der Waals surface area contributed by atoms with Gasteiger partial charge >= 0.3 is 0 Å². The maximum Gasteiger partial charge on any atom is 0.297 e. The van der Waals surface area contributed by atoms with Gasteiger partial charge < -0.3 is 20.0 Å². The lowest BCUT2D eigenvalue weighted by molar-refractivity contribution is 0.184. The highest BCUT2D eigenvalue weighted by Gasteiger charge is 2.17. The molecule has 2 aromatic rings. The van der Waals surface area contributed by atoms with Crippen LogP contribution in [-0.2, 0) is 28.6 Å². The molecule has 0 aromatic heterocycles. The Morgan fingerprint density at radius 2 is 0.917 bits per heavy atom. The van der Waals surface area contributed by atoms with Crippen molar-refractivity contribution in [3.63, 3.8) is 0 Å². The quantitative estimate of drug-likeness (QED) is 0.334. The zero-order valence-electron chi connectivity index (χ0n) is 21.3. The Hall–Kier alpha value is -1.90. The van der Waals surface area contributed by atoms with Crippen LogP contribution in [0.3, 0.4) is 0 Å². The first-order valence-corrected chi connectivity index (χ1v) is 14.2. The number of aliphatic hydroxyl groups excluding tert-OH is 2. The molecule has 10 nitrogen and oxygen atoms in total. The van der Waals surface area contributed by atoms with Crippen LogP contribution in [0, 0.1) is 13.8 Å². The van der Waals surface area contributed by atoms with Gasteiger partial charge in [0.25, 0.3) is 20.2 Å². The van der Waals surface area contributed by atoms with Gasteiger partial charge in [-0.25, -0.2) is 0 Å². The predicted molar refractivity (Wildman–Crippen MR) is 138 cm³/mol. The molecule has 0 spiro atoms. The third-order valence-electron chi connectivity index (χ3n) is 5.01. The highest BCUT2D eigenvalue weighted by atomic mass is 32.2. The van der Waals surface area contributed by atoms with Crippen molar-refractivity contribution in [1.29, 1.82) is 0 Å². The van der Waals surface area contributed by atoms with Crippen molar-refractivity contribution in [2.75, 3.05) is 66.7 Å². The van der Waals surface area contributed by atoms with Crippen LogP contribution in [0.5, 0.6) is 0 Å². The molecule has 0 aliphatic carbocycles. The topological polar surface area (TPSA) is 134 Å². The van der Waals surface area contributed by atoms with Crippen LogP contribution < -0.4 is 0 Å². The molecule has 0 unspecified atom stereocenters. The summed E-state index contributed by atoms with van der Waals surface area (Å²) in [6, 6.07) is 12.8. The van der Waals surface area contributed by atoms with E-state index in [2.05, 4.69) is 0 Å². The summed E-state index contributed by atoms with van der Waals surface area (Å²) in [6.45, 7) is 5.86. The first-order valence-electron chi connectivity index (χ1n) is 11.4. The van der Waals surface area contributed by atoms with Crippen LogP contribution >= 0.6 is 0 Å². The predicted octanol–water partition coefficient (Wildman–Crippen LogP) is 1.25. The zero-order valence-corrected chi connectivity index (χ0v) is 23.0. The van der Waals surface area contributed by atoms with Gasteiger partial charge in [-0.3, -0.25) is 8.37 Å². The summed E-state index contributed by atoms with van der Waals surface area (Å²) in [4.78, 5) is 3.80. The lowest BCUT2D eigenvalue weighted by Gasteiger charge is -2.16. The Balaban J connectivity index is 0.000000697. The molecular weight excluding hydrogens is 508 g/mol. The van der Waals surface area contributed by atoms with Gasteiger partial charge in [0.1, 0.15) is 0 Å². The molecule has 0 radical (unpaired) electrons. The van der Waals surface area contributed by atoms with E-state index in [1.165, 1.54) is 24.3 Å². The van der Waals surface area contributed by atoms with Gasteiger partial charge in [-0.15, -0.1) is 0 Å². The molecule has 2 rings (SSSR count). The minimum atomic E-state index is -3.81. The maximum absolute atomic E-state index is 12.1. The van der Waals surface area contributed by atoms with Crippen LogP contribution in [0.1, 0.15) is 11.1 Å². The SMILES string of the molecule is CN(CCO)CCO.Cc1ccc(S(=O)(=O)OCCN(C)CCOS(=O)(=O)c2ccc(C)cc2)cc1. The maximum atomic E-state index is 12.1. The van der Waals surface area contributed by atoms with E-state index in [1.54, 1.807) is 36.2 Å². The third kappa shape index (κ3) is 12.4. The minimum absolute atomic E-state index is 0.0442. The molecule has 2 N–H and O–H groups in total. The first kappa shape index (κ1) is 32.1. The summed E-state index contributed by atoms with van der Waals surface area (Å²) < 4.78 is 58.5. The molecule has 0 aliphatic rings. The van der Waals surface area contributed by atoms with E-state index >= 15 is 0 Å². The van der Waals surface area contributed by atoms with Crippen molar-refractivity contribution in [1.82, 2.24) is 9.80 Å². The van der Waals surface area contributed by atoms with Crippen molar-refractivity contribution in [2.45, 2.75) is 23.6 Å². The lowest BCUT2D eigenvalue weighted by Crippen LogP contribution is -2.28. The fraction of sp³-hybridized carbons (Fsp3) is 0.500. The smallest absolute Gasteiger partial charge is 0.297 e. The van der Waals surface area contributed by atoms with Gasteiger partial charge in [-0.2, -0.15) is 16.8 Å². The highest BCUT2D eigenvalue weighted by Crippen LogP contribution is 2.14. The van der Waals surface area contributed by atoms with E-state index in [0.717, 1.165) is 11.1 Å². The van der Waals surface area contributed by atoms with Gasteiger partial charge in [0.05, 0.1) is 36.2 Å².